The third-order valence-electron chi connectivity index (χ3n) is 7.88. The number of allylic oxidation sites excluding steroid dienone is 1. The van der Waals surface area contributed by atoms with Crippen molar-refractivity contribution in [2.45, 2.75) is 51.5 Å². The maximum Gasteiger partial charge on any atom is 0.247 e. The number of amides is 3. The number of hydrogen-bond donors (Lipinski definition) is 3. The fourth-order valence-electron chi connectivity index (χ4n) is 6.10. The first kappa shape index (κ1) is 26.9. The molecule has 0 radical (unpaired) electrons. The molecule has 1 aliphatic heterocycles. The quantitative estimate of drug-likeness (QED) is 0.316. The predicted molar refractivity (Wildman–Crippen MR) is 146 cm³/mol. The molecule has 0 saturated carbocycles. The number of unbranched alkanes of at least 4 members (excludes halogenated alkanes) is 3. The molecule has 1 fully saturated rings. The van der Waals surface area contributed by atoms with Crippen LogP contribution in [-0.4, -0.2) is 54.0 Å². The zero-order valence-corrected chi connectivity index (χ0v) is 21.9. The van der Waals surface area contributed by atoms with Gasteiger partial charge in [0.25, 0.3) is 0 Å². The smallest absolute Gasteiger partial charge is 0.247 e. The zero-order chi connectivity index (χ0) is 26.4. The highest BCUT2D eigenvalue weighted by Crippen LogP contribution is 2.45. The second-order valence-corrected chi connectivity index (χ2v) is 10.2. The van der Waals surface area contributed by atoms with E-state index in [4.69, 9.17) is 5.11 Å². The third-order valence-corrected chi connectivity index (χ3v) is 7.88. The molecule has 37 heavy (non-hydrogen) atoms. The molecule has 3 amide bonds. The molecule has 3 N–H and O–H groups in total. The summed E-state index contributed by atoms with van der Waals surface area (Å²) in [7, 11) is 1.61. The third kappa shape index (κ3) is 5.72. The Hall–Kier alpha value is -3.19. The first-order valence-corrected chi connectivity index (χ1v) is 13.6. The van der Waals surface area contributed by atoms with Gasteiger partial charge in [-0.3, -0.25) is 14.4 Å². The van der Waals surface area contributed by atoms with Crippen molar-refractivity contribution in [1.82, 2.24) is 10.2 Å². The minimum absolute atomic E-state index is 0.0242. The van der Waals surface area contributed by atoms with Crippen LogP contribution >= 0.6 is 0 Å². The van der Waals surface area contributed by atoms with E-state index in [1.807, 2.05) is 48.5 Å². The number of fused-ring (bicyclic) bond motifs is 2. The second kappa shape index (κ2) is 12.4. The molecule has 2 aromatic rings. The Kier molecular flexibility index (Phi) is 8.98. The number of aliphatic hydroxyl groups excluding tert-OH is 1. The van der Waals surface area contributed by atoms with Crippen molar-refractivity contribution in [3.63, 3.8) is 0 Å². The molecule has 7 nitrogen and oxygen atoms in total. The molecule has 0 aromatic heterocycles. The van der Waals surface area contributed by atoms with Gasteiger partial charge in [-0.2, -0.15) is 0 Å². The Morgan fingerprint density at radius 3 is 2.46 bits per heavy atom. The summed E-state index contributed by atoms with van der Waals surface area (Å²) in [6, 6.07) is 13.1. The van der Waals surface area contributed by atoms with Crippen molar-refractivity contribution in [3.8, 4) is 0 Å². The largest absolute Gasteiger partial charge is 0.396 e. The SMILES string of the molecule is CCC[C@@H]1C=C[C@H]2[C@H](C(=O)N(CCCCCCO)[C@@H]2C(=O)Nc2ccc3ccccc3c2)[C@@H]1C(=O)NC. The molecule has 1 heterocycles. The van der Waals surface area contributed by atoms with E-state index < -0.39 is 17.9 Å². The molecule has 1 saturated heterocycles. The van der Waals surface area contributed by atoms with Gasteiger partial charge < -0.3 is 20.6 Å². The maximum absolute atomic E-state index is 13.9. The van der Waals surface area contributed by atoms with E-state index in [0.29, 0.717) is 12.2 Å². The van der Waals surface area contributed by atoms with Crippen molar-refractivity contribution in [2.75, 3.05) is 25.5 Å². The summed E-state index contributed by atoms with van der Waals surface area (Å²) in [5, 5.41) is 17.0. The Balaban J connectivity index is 1.62. The lowest BCUT2D eigenvalue weighted by atomic mass is 9.68. The predicted octanol–water partition coefficient (Wildman–Crippen LogP) is 4.12. The Bertz CT molecular complexity index is 1150. The lowest BCUT2D eigenvalue weighted by Gasteiger charge is -2.34. The number of nitrogens with one attached hydrogen (secondary N) is 2. The van der Waals surface area contributed by atoms with Crippen LogP contribution in [0, 0.1) is 23.7 Å². The molecule has 7 heteroatoms. The van der Waals surface area contributed by atoms with Gasteiger partial charge in [0.05, 0.1) is 11.8 Å². The summed E-state index contributed by atoms with van der Waals surface area (Å²) in [6.45, 7) is 2.69. The van der Waals surface area contributed by atoms with E-state index in [9.17, 15) is 14.4 Å². The molecule has 0 bridgehead atoms. The first-order chi connectivity index (χ1) is 18.0. The number of anilines is 1. The number of rotatable bonds is 11. The van der Waals surface area contributed by atoms with E-state index >= 15 is 0 Å². The lowest BCUT2D eigenvalue weighted by Crippen LogP contribution is -2.45. The van der Waals surface area contributed by atoms with Crippen molar-refractivity contribution >= 4 is 34.2 Å². The highest BCUT2D eigenvalue weighted by molar-refractivity contribution is 6.02. The standard InChI is InChI=1S/C30H39N3O4/c1-3-10-21-14-16-24-26(25(21)28(35)31-2)30(37)33(17-8-4-5-9-18-34)27(24)29(36)32-23-15-13-20-11-6-7-12-22(20)19-23/h6-7,11-16,19,21,24-27,34H,3-5,8-10,17-18H2,1-2H3,(H,31,35)(H,32,36)/t21-,24+,25-,26+,27+/m1/s1. The van der Waals surface area contributed by atoms with E-state index in [-0.39, 0.29) is 36.2 Å². The molecule has 5 atom stereocenters. The van der Waals surface area contributed by atoms with Crippen LogP contribution in [0.1, 0.15) is 45.4 Å². The maximum atomic E-state index is 13.9. The van der Waals surface area contributed by atoms with Gasteiger partial charge in [0.15, 0.2) is 0 Å². The summed E-state index contributed by atoms with van der Waals surface area (Å²) < 4.78 is 0. The molecular formula is C30H39N3O4. The van der Waals surface area contributed by atoms with E-state index in [1.165, 1.54) is 0 Å². The lowest BCUT2D eigenvalue weighted by molar-refractivity contribution is -0.140. The number of aliphatic hydroxyl groups is 1. The molecule has 4 rings (SSSR count). The molecule has 198 valence electrons. The average molecular weight is 506 g/mol. The topological polar surface area (TPSA) is 98.7 Å². The van der Waals surface area contributed by atoms with Crippen LogP contribution in [0.3, 0.4) is 0 Å². The highest BCUT2D eigenvalue weighted by atomic mass is 16.3. The number of hydrogen-bond acceptors (Lipinski definition) is 4. The van der Waals surface area contributed by atoms with Crippen LogP contribution < -0.4 is 10.6 Å². The summed E-state index contributed by atoms with van der Waals surface area (Å²) in [6.07, 6.45) is 9.01. The molecule has 0 spiro atoms. The minimum Gasteiger partial charge on any atom is -0.396 e. The van der Waals surface area contributed by atoms with Gasteiger partial charge in [0.2, 0.25) is 17.7 Å². The van der Waals surface area contributed by atoms with Gasteiger partial charge >= 0.3 is 0 Å². The molecule has 0 unspecified atom stereocenters. The van der Waals surface area contributed by atoms with Gasteiger partial charge in [-0.15, -0.1) is 0 Å². The number of nitrogens with zero attached hydrogens (tertiary/aromatic N) is 1. The van der Waals surface area contributed by atoms with Crippen LogP contribution in [0.15, 0.2) is 54.6 Å². The molecular weight excluding hydrogens is 466 g/mol. The number of carbonyl (C=O) groups excluding carboxylic acids is 3. The first-order valence-electron chi connectivity index (χ1n) is 13.6. The molecule has 1 aliphatic carbocycles. The van der Waals surface area contributed by atoms with E-state index in [0.717, 1.165) is 49.3 Å². The fourth-order valence-corrected chi connectivity index (χ4v) is 6.10. The monoisotopic (exact) mass is 505 g/mol. The van der Waals surface area contributed by atoms with Crippen molar-refractivity contribution in [1.29, 1.82) is 0 Å². The average Bonchev–Trinajstić information content (AvgIpc) is 3.19. The Morgan fingerprint density at radius 1 is 0.973 bits per heavy atom. The second-order valence-electron chi connectivity index (χ2n) is 10.2. The number of likely N-dealkylation sites (tertiary alicyclic amines) is 1. The Morgan fingerprint density at radius 2 is 1.73 bits per heavy atom. The van der Waals surface area contributed by atoms with Gasteiger partial charge in [-0.05, 0) is 48.1 Å². The Labute approximate surface area is 219 Å². The zero-order valence-electron chi connectivity index (χ0n) is 21.9. The number of carbonyl (C=O) groups is 3. The molecule has 2 aromatic carbocycles. The molecule has 2 aliphatic rings. The van der Waals surface area contributed by atoms with Crippen LogP contribution in [0.4, 0.5) is 5.69 Å². The van der Waals surface area contributed by atoms with Gasteiger partial charge in [0.1, 0.15) is 6.04 Å². The fraction of sp³-hybridized carbons (Fsp3) is 0.500. The van der Waals surface area contributed by atoms with E-state index in [1.54, 1.807) is 11.9 Å². The van der Waals surface area contributed by atoms with Gasteiger partial charge in [-0.25, -0.2) is 0 Å². The van der Waals surface area contributed by atoms with Crippen molar-refractivity contribution in [2.24, 2.45) is 23.7 Å². The summed E-state index contributed by atoms with van der Waals surface area (Å²) in [5.41, 5.74) is 0.689. The van der Waals surface area contributed by atoms with Crippen molar-refractivity contribution in [3.05, 3.63) is 54.6 Å². The van der Waals surface area contributed by atoms with Crippen LogP contribution in [0.2, 0.25) is 0 Å². The van der Waals surface area contributed by atoms with Crippen LogP contribution in [-0.2, 0) is 14.4 Å². The van der Waals surface area contributed by atoms with Crippen LogP contribution in [0.5, 0.6) is 0 Å². The van der Waals surface area contributed by atoms with E-state index in [2.05, 4.69) is 23.6 Å². The highest BCUT2D eigenvalue weighted by Gasteiger charge is 2.56. The number of benzene rings is 2. The summed E-state index contributed by atoms with van der Waals surface area (Å²) >= 11 is 0. The van der Waals surface area contributed by atoms with Gasteiger partial charge in [-0.1, -0.05) is 68.7 Å². The summed E-state index contributed by atoms with van der Waals surface area (Å²) in [5.74, 6) is -1.88. The minimum atomic E-state index is -0.673. The van der Waals surface area contributed by atoms with Crippen LogP contribution in [0.25, 0.3) is 10.8 Å². The van der Waals surface area contributed by atoms with Gasteiger partial charge in [0, 0.05) is 31.8 Å². The summed E-state index contributed by atoms with van der Waals surface area (Å²) in [4.78, 5) is 42.4. The normalized spacial score (nSPS) is 24.8. The van der Waals surface area contributed by atoms with Crippen molar-refractivity contribution < 1.29 is 19.5 Å².